The summed E-state index contributed by atoms with van der Waals surface area (Å²) in [5.41, 5.74) is 2.36. The van der Waals surface area contributed by atoms with Crippen LogP contribution in [0.4, 0.5) is 15.8 Å². The molecule has 2 rings (SSSR count). The molecule has 1 N–H and O–H groups in total. The van der Waals surface area contributed by atoms with Crippen molar-refractivity contribution in [3.63, 3.8) is 0 Å². The van der Waals surface area contributed by atoms with E-state index < -0.39 is 5.82 Å². The molecule has 0 spiro atoms. The van der Waals surface area contributed by atoms with Crippen LogP contribution in [0.1, 0.15) is 11.1 Å². The van der Waals surface area contributed by atoms with Crippen LogP contribution in [-0.2, 0) is 11.3 Å². The van der Waals surface area contributed by atoms with Crippen LogP contribution < -0.4 is 5.32 Å². The van der Waals surface area contributed by atoms with Crippen molar-refractivity contribution in [1.29, 1.82) is 5.26 Å². The molecule has 0 saturated heterocycles. The lowest BCUT2D eigenvalue weighted by molar-refractivity contribution is 0.185. The predicted octanol–water partition coefficient (Wildman–Crippen LogP) is 3.59. The van der Waals surface area contributed by atoms with E-state index in [0.29, 0.717) is 17.9 Å². The maximum Gasteiger partial charge on any atom is 0.147 e. The lowest BCUT2D eigenvalue weighted by Crippen LogP contribution is -1.99. The van der Waals surface area contributed by atoms with Crippen LogP contribution in [0.25, 0.3) is 0 Å². The van der Waals surface area contributed by atoms with E-state index in [9.17, 15) is 4.39 Å². The van der Waals surface area contributed by atoms with Crippen molar-refractivity contribution < 1.29 is 9.13 Å². The molecular formula is C15H13FN2O. The molecule has 0 bridgehead atoms. The van der Waals surface area contributed by atoms with E-state index in [-0.39, 0.29) is 0 Å². The highest BCUT2D eigenvalue weighted by atomic mass is 19.1. The standard InChI is InChI=1S/C15H13FN2O/c1-19-10-12-4-2-3-5-14(12)18-15-7-6-11(9-17)8-13(15)16/h2-8,18H,10H2,1H3. The highest BCUT2D eigenvalue weighted by Crippen LogP contribution is 2.24. The summed E-state index contributed by atoms with van der Waals surface area (Å²) in [5, 5.41) is 11.7. The number of nitriles is 1. The molecule has 0 saturated carbocycles. The molecule has 0 unspecified atom stereocenters. The van der Waals surface area contributed by atoms with Gasteiger partial charge in [0.1, 0.15) is 5.82 Å². The zero-order valence-electron chi connectivity index (χ0n) is 10.5. The molecule has 0 aliphatic carbocycles. The van der Waals surface area contributed by atoms with Gasteiger partial charge in [0.15, 0.2) is 0 Å². The van der Waals surface area contributed by atoms with Crippen LogP contribution in [0.2, 0.25) is 0 Å². The fourth-order valence-corrected chi connectivity index (χ4v) is 1.75. The van der Waals surface area contributed by atoms with Crippen LogP contribution in [0.15, 0.2) is 42.5 Å². The molecule has 19 heavy (non-hydrogen) atoms. The molecule has 0 heterocycles. The van der Waals surface area contributed by atoms with E-state index in [0.717, 1.165) is 11.3 Å². The SMILES string of the molecule is COCc1ccccc1Nc1ccc(C#N)cc1F. The molecule has 2 aromatic carbocycles. The molecule has 0 aliphatic rings. The fourth-order valence-electron chi connectivity index (χ4n) is 1.75. The fraction of sp³-hybridized carbons (Fsp3) is 0.133. The Hall–Kier alpha value is -2.38. The van der Waals surface area contributed by atoms with E-state index >= 15 is 0 Å². The van der Waals surface area contributed by atoms with Gasteiger partial charge in [0, 0.05) is 18.4 Å². The maximum atomic E-state index is 13.8. The average molecular weight is 256 g/mol. The number of ether oxygens (including phenoxy) is 1. The van der Waals surface area contributed by atoms with Gasteiger partial charge in [-0.05, 0) is 24.3 Å². The molecule has 96 valence electrons. The van der Waals surface area contributed by atoms with Crippen LogP contribution in [-0.4, -0.2) is 7.11 Å². The summed E-state index contributed by atoms with van der Waals surface area (Å²) >= 11 is 0. The highest BCUT2D eigenvalue weighted by molar-refractivity contribution is 5.64. The Labute approximate surface area is 111 Å². The van der Waals surface area contributed by atoms with E-state index in [1.807, 2.05) is 30.3 Å². The van der Waals surface area contributed by atoms with E-state index in [1.54, 1.807) is 19.2 Å². The van der Waals surface area contributed by atoms with Crippen molar-refractivity contribution in [3.8, 4) is 6.07 Å². The Morgan fingerprint density at radius 2 is 2.00 bits per heavy atom. The zero-order chi connectivity index (χ0) is 13.7. The van der Waals surface area contributed by atoms with Crippen molar-refractivity contribution in [1.82, 2.24) is 0 Å². The molecule has 0 amide bonds. The van der Waals surface area contributed by atoms with E-state index in [2.05, 4.69) is 5.32 Å². The molecule has 3 nitrogen and oxygen atoms in total. The molecule has 0 aliphatic heterocycles. The zero-order valence-corrected chi connectivity index (χ0v) is 10.5. The molecule has 0 fully saturated rings. The normalized spacial score (nSPS) is 9.95. The van der Waals surface area contributed by atoms with Gasteiger partial charge in [0.25, 0.3) is 0 Å². The number of halogens is 1. The second kappa shape index (κ2) is 5.98. The monoisotopic (exact) mass is 256 g/mol. The minimum Gasteiger partial charge on any atom is -0.380 e. The molecule has 2 aromatic rings. The Bertz CT molecular complexity index is 620. The number of anilines is 2. The van der Waals surface area contributed by atoms with Crippen LogP contribution >= 0.6 is 0 Å². The van der Waals surface area contributed by atoms with Crippen molar-refractivity contribution in [2.24, 2.45) is 0 Å². The lowest BCUT2D eigenvalue weighted by Gasteiger charge is -2.12. The number of methoxy groups -OCH3 is 1. The van der Waals surface area contributed by atoms with Crippen molar-refractivity contribution in [3.05, 3.63) is 59.4 Å². The number of rotatable bonds is 4. The van der Waals surface area contributed by atoms with Gasteiger partial charge in [0.2, 0.25) is 0 Å². The van der Waals surface area contributed by atoms with E-state index in [4.69, 9.17) is 10.00 Å². The van der Waals surface area contributed by atoms with Gasteiger partial charge in [-0.15, -0.1) is 0 Å². The summed E-state index contributed by atoms with van der Waals surface area (Å²) in [7, 11) is 1.61. The van der Waals surface area contributed by atoms with Gasteiger partial charge in [-0.2, -0.15) is 5.26 Å². The summed E-state index contributed by atoms with van der Waals surface area (Å²) < 4.78 is 18.9. The first-order valence-corrected chi connectivity index (χ1v) is 5.78. The number of hydrogen-bond acceptors (Lipinski definition) is 3. The Balaban J connectivity index is 2.29. The third-order valence-electron chi connectivity index (χ3n) is 2.68. The topological polar surface area (TPSA) is 45.0 Å². The smallest absolute Gasteiger partial charge is 0.147 e. The van der Waals surface area contributed by atoms with Gasteiger partial charge in [-0.25, -0.2) is 4.39 Å². The Morgan fingerprint density at radius 3 is 2.68 bits per heavy atom. The molecule has 4 heteroatoms. The van der Waals surface area contributed by atoms with Crippen molar-refractivity contribution in [2.45, 2.75) is 6.61 Å². The van der Waals surface area contributed by atoms with Crippen molar-refractivity contribution in [2.75, 3.05) is 12.4 Å². The first-order chi connectivity index (χ1) is 9.24. The summed E-state index contributed by atoms with van der Waals surface area (Å²) in [5.74, 6) is -0.453. The molecule has 0 aromatic heterocycles. The molecular weight excluding hydrogens is 243 g/mol. The van der Waals surface area contributed by atoms with Gasteiger partial charge < -0.3 is 10.1 Å². The van der Waals surface area contributed by atoms with E-state index in [1.165, 1.54) is 6.07 Å². The summed E-state index contributed by atoms with van der Waals surface area (Å²) in [6, 6.07) is 13.8. The van der Waals surface area contributed by atoms with Gasteiger partial charge in [-0.1, -0.05) is 18.2 Å². The number of hydrogen-bond donors (Lipinski definition) is 1. The van der Waals surface area contributed by atoms with Gasteiger partial charge in [-0.3, -0.25) is 0 Å². The summed E-state index contributed by atoms with van der Waals surface area (Å²) in [6.07, 6.45) is 0. The van der Waals surface area contributed by atoms with Crippen LogP contribution in [0, 0.1) is 17.1 Å². The Kier molecular flexibility index (Phi) is 4.11. The predicted molar refractivity (Wildman–Crippen MR) is 71.6 cm³/mol. The molecule has 0 atom stereocenters. The summed E-state index contributed by atoms with van der Waals surface area (Å²) in [6.45, 7) is 0.446. The van der Waals surface area contributed by atoms with Gasteiger partial charge in [0.05, 0.1) is 23.9 Å². The lowest BCUT2D eigenvalue weighted by atomic mass is 10.1. The minimum absolute atomic E-state index is 0.299. The number of nitrogens with one attached hydrogen (secondary N) is 1. The van der Waals surface area contributed by atoms with Crippen LogP contribution in [0.5, 0.6) is 0 Å². The number of para-hydroxylation sites is 1. The first kappa shape index (κ1) is 13.1. The summed E-state index contributed by atoms with van der Waals surface area (Å²) in [4.78, 5) is 0. The number of benzene rings is 2. The largest absolute Gasteiger partial charge is 0.380 e. The molecule has 0 radical (unpaired) electrons. The number of nitrogens with zero attached hydrogens (tertiary/aromatic N) is 1. The second-order valence-electron chi connectivity index (χ2n) is 4.02. The quantitative estimate of drug-likeness (QED) is 0.909. The minimum atomic E-state index is -0.453. The Morgan fingerprint density at radius 1 is 1.21 bits per heavy atom. The average Bonchev–Trinajstić information content (AvgIpc) is 2.43. The van der Waals surface area contributed by atoms with Crippen LogP contribution in [0.3, 0.4) is 0 Å². The van der Waals surface area contributed by atoms with Gasteiger partial charge >= 0.3 is 0 Å². The third-order valence-corrected chi connectivity index (χ3v) is 2.68. The second-order valence-corrected chi connectivity index (χ2v) is 4.02. The first-order valence-electron chi connectivity index (χ1n) is 5.78. The third kappa shape index (κ3) is 3.09. The maximum absolute atomic E-state index is 13.8. The van der Waals surface area contributed by atoms with Crippen molar-refractivity contribution >= 4 is 11.4 Å². The highest BCUT2D eigenvalue weighted by Gasteiger charge is 2.06.